The molecule has 0 radical (unpaired) electrons. The Bertz CT molecular complexity index is 1530. The Hall–Kier alpha value is -3.12. The lowest BCUT2D eigenvalue weighted by Crippen LogP contribution is -2.28. The van der Waals surface area contributed by atoms with Crippen molar-refractivity contribution in [3.05, 3.63) is 128 Å². The molecule has 0 aromatic heterocycles. The molecule has 4 aromatic rings. The Labute approximate surface area is 248 Å². The molecular formula is C41H46. The Morgan fingerprint density at radius 3 is 1.12 bits per heavy atom. The van der Waals surface area contributed by atoms with Crippen LogP contribution in [0.15, 0.2) is 72.8 Å². The second-order valence-electron chi connectivity index (χ2n) is 13.7. The van der Waals surface area contributed by atoms with Gasteiger partial charge in [0.2, 0.25) is 0 Å². The fourth-order valence-electron chi connectivity index (χ4n) is 8.78. The van der Waals surface area contributed by atoms with Gasteiger partial charge in [-0.15, -0.1) is 0 Å². The molecule has 41 heavy (non-hydrogen) atoms. The van der Waals surface area contributed by atoms with Crippen LogP contribution in [0.5, 0.6) is 0 Å². The summed E-state index contributed by atoms with van der Waals surface area (Å²) in [7, 11) is 0. The van der Waals surface area contributed by atoms with Crippen molar-refractivity contribution < 1.29 is 0 Å². The second kappa shape index (κ2) is 9.45. The summed E-state index contributed by atoms with van der Waals surface area (Å²) in [4.78, 5) is 0. The average molecular weight is 539 g/mol. The minimum absolute atomic E-state index is 0.0297. The molecule has 0 heteroatoms. The molecular weight excluding hydrogens is 492 g/mol. The molecule has 0 atom stereocenters. The first-order valence-electron chi connectivity index (χ1n) is 16.4. The van der Waals surface area contributed by atoms with E-state index in [0.717, 1.165) is 25.7 Å². The van der Waals surface area contributed by atoms with Gasteiger partial charge in [-0.3, -0.25) is 0 Å². The van der Waals surface area contributed by atoms with Crippen LogP contribution in [0.1, 0.15) is 123 Å². The summed E-state index contributed by atoms with van der Waals surface area (Å²) < 4.78 is 0. The van der Waals surface area contributed by atoms with Gasteiger partial charge in [0.15, 0.2) is 0 Å². The SMILES string of the molecule is CCC(CC)(c1ccc2c(c1)CC2)c1ccc2c(c1)C(C)(C)c1cc(C(CC)(CC)c3ccc4c(c3)CC4)ccc1-2. The second-order valence-corrected chi connectivity index (χ2v) is 13.7. The van der Waals surface area contributed by atoms with Crippen molar-refractivity contribution in [1.29, 1.82) is 0 Å². The maximum Gasteiger partial charge on any atom is 0.0197 e. The first-order chi connectivity index (χ1) is 19.8. The molecule has 0 spiro atoms. The highest BCUT2D eigenvalue weighted by Crippen LogP contribution is 2.53. The molecule has 3 aliphatic rings. The summed E-state index contributed by atoms with van der Waals surface area (Å²) in [5, 5.41) is 0. The lowest BCUT2D eigenvalue weighted by molar-refractivity contribution is 0.474. The maximum atomic E-state index is 2.59. The lowest BCUT2D eigenvalue weighted by atomic mass is 9.67. The minimum atomic E-state index is -0.0297. The summed E-state index contributed by atoms with van der Waals surface area (Å²) in [6.07, 6.45) is 9.46. The monoisotopic (exact) mass is 538 g/mol. The van der Waals surface area contributed by atoms with Gasteiger partial charge < -0.3 is 0 Å². The molecule has 0 bridgehead atoms. The van der Waals surface area contributed by atoms with Crippen LogP contribution < -0.4 is 0 Å². The summed E-state index contributed by atoms with van der Waals surface area (Å²) in [6.45, 7) is 14.5. The third-order valence-electron chi connectivity index (χ3n) is 12.0. The van der Waals surface area contributed by atoms with Crippen molar-refractivity contribution in [2.24, 2.45) is 0 Å². The van der Waals surface area contributed by atoms with Gasteiger partial charge in [0.25, 0.3) is 0 Å². The Balaban J connectivity index is 1.32. The number of aryl methyl sites for hydroxylation is 4. The molecule has 3 aliphatic carbocycles. The lowest BCUT2D eigenvalue weighted by Gasteiger charge is -2.36. The first-order valence-corrected chi connectivity index (χ1v) is 16.4. The number of fused-ring (bicyclic) bond motifs is 5. The van der Waals surface area contributed by atoms with E-state index >= 15 is 0 Å². The third kappa shape index (κ3) is 3.65. The fourth-order valence-corrected chi connectivity index (χ4v) is 8.78. The average Bonchev–Trinajstić information content (AvgIpc) is 3.19. The van der Waals surface area contributed by atoms with Crippen LogP contribution in [0.25, 0.3) is 11.1 Å². The van der Waals surface area contributed by atoms with Crippen LogP contribution in [-0.4, -0.2) is 0 Å². The van der Waals surface area contributed by atoms with Crippen LogP contribution in [0.2, 0.25) is 0 Å². The summed E-state index contributed by atoms with van der Waals surface area (Å²) >= 11 is 0. The van der Waals surface area contributed by atoms with Gasteiger partial charge in [-0.2, -0.15) is 0 Å². The van der Waals surface area contributed by atoms with Gasteiger partial charge in [-0.25, -0.2) is 0 Å². The standard InChI is InChI=1S/C41H46/c1-7-40(8-2,31-17-15-27-11-13-29(27)23-31)33-19-21-35-36-22-20-34(26-38(36)39(5,6)37(35)25-33)41(9-3,10-4)32-18-16-28-12-14-30(28)24-32/h15-26H,7-14H2,1-6H3. The van der Waals surface area contributed by atoms with Crippen LogP contribution in [0.3, 0.4) is 0 Å². The molecule has 7 rings (SSSR count). The molecule has 0 nitrogen and oxygen atoms in total. The summed E-state index contributed by atoms with van der Waals surface area (Å²) in [5.41, 5.74) is 18.2. The largest absolute Gasteiger partial charge is 0.0642 e. The van der Waals surface area contributed by atoms with E-state index in [1.165, 1.54) is 70.2 Å². The van der Waals surface area contributed by atoms with Gasteiger partial charge in [-0.1, -0.05) is 114 Å². The van der Waals surface area contributed by atoms with Gasteiger partial charge in [0, 0.05) is 16.2 Å². The highest BCUT2D eigenvalue weighted by Gasteiger charge is 2.40. The normalized spacial score (nSPS) is 16.2. The van der Waals surface area contributed by atoms with E-state index in [1.54, 1.807) is 22.3 Å². The summed E-state index contributed by atoms with van der Waals surface area (Å²) in [5.74, 6) is 0. The maximum absolute atomic E-state index is 2.59. The number of hydrogen-bond donors (Lipinski definition) is 0. The Morgan fingerprint density at radius 1 is 0.463 bits per heavy atom. The molecule has 0 aliphatic heterocycles. The highest BCUT2D eigenvalue weighted by atomic mass is 14.4. The van der Waals surface area contributed by atoms with E-state index in [4.69, 9.17) is 0 Å². The van der Waals surface area contributed by atoms with E-state index in [2.05, 4.69) is 114 Å². The van der Waals surface area contributed by atoms with E-state index in [9.17, 15) is 0 Å². The van der Waals surface area contributed by atoms with E-state index in [1.807, 2.05) is 0 Å². The third-order valence-corrected chi connectivity index (χ3v) is 12.0. The van der Waals surface area contributed by atoms with Crippen molar-refractivity contribution in [2.75, 3.05) is 0 Å². The molecule has 0 amide bonds. The molecule has 0 saturated heterocycles. The molecule has 0 N–H and O–H groups in total. The Kier molecular flexibility index (Phi) is 6.17. The van der Waals surface area contributed by atoms with Crippen LogP contribution >= 0.6 is 0 Å². The Morgan fingerprint density at radius 2 is 0.805 bits per heavy atom. The van der Waals surface area contributed by atoms with Crippen LogP contribution in [0.4, 0.5) is 0 Å². The van der Waals surface area contributed by atoms with Gasteiger partial charge in [0.1, 0.15) is 0 Å². The number of rotatable bonds is 8. The van der Waals surface area contributed by atoms with E-state index in [-0.39, 0.29) is 16.2 Å². The zero-order valence-electron chi connectivity index (χ0n) is 26.1. The van der Waals surface area contributed by atoms with Crippen molar-refractivity contribution >= 4 is 0 Å². The molecule has 0 heterocycles. The van der Waals surface area contributed by atoms with Crippen molar-refractivity contribution in [3.8, 4) is 11.1 Å². The molecule has 4 aromatic carbocycles. The van der Waals surface area contributed by atoms with E-state index in [0.29, 0.717) is 0 Å². The minimum Gasteiger partial charge on any atom is -0.0642 e. The van der Waals surface area contributed by atoms with Crippen molar-refractivity contribution in [2.45, 2.75) is 109 Å². The van der Waals surface area contributed by atoms with Gasteiger partial charge >= 0.3 is 0 Å². The predicted molar refractivity (Wildman–Crippen MR) is 174 cm³/mol. The summed E-state index contributed by atoms with van der Waals surface area (Å²) in [6, 6.07) is 29.7. The molecule has 0 saturated carbocycles. The predicted octanol–water partition coefficient (Wildman–Crippen LogP) is 10.4. The van der Waals surface area contributed by atoms with Crippen LogP contribution in [-0.2, 0) is 41.9 Å². The fraction of sp³-hybridized carbons (Fsp3) is 0.415. The smallest absolute Gasteiger partial charge is 0.0197 e. The van der Waals surface area contributed by atoms with Crippen molar-refractivity contribution in [3.63, 3.8) is 0 Å². The van der Waals surface area contributed by atoms with Crippen LogP contribution in [0, 0.1) is 0 Å². The van der Waals surface area contributed by atoms with Gasteiger partial charge in [-0.05, 0) is 118 Å². The quantitative estimate of drug-likeness (QED) is 0.209. The molecule has 0 unspecified atom stereocenters. The number of hydrogen-bond acceptors (Lipinski definition) is 0. The van der Waals surface area contributed by atoms with Gasteiger partial charge in [0.05, 0.1) is 0 Å². The zero-order chi connectivity index (χ0) is 28.6. The molecule has 210 valence electrons. The highest BCUT2D eigenvalue weighted by molar-refractivity contribution is 5.82. The zero-order valence-corrected chi connectivity index (χ0v) is 26.1. The molecule has 0 fully saturated rings. The van der Waals surface area contributed by atoms with E-state index < -0.39 is 0 Å². The van der Waals surface area contributed by atoms with Crippen molar-refractivity contribution in [1.82, 2.24) is 0 Å². The topological polar surface area (TPSA) is 0 Å². The number of benzene rings is 4. The first kappa shape index (κ1) is 26.8.